The number of nitrogens with one attached hydrogen (secondary N) is 2. The summed E-state index contributed by atoms with van der Waals surface area (Å²) in [4.78, 5) is 11.5. The fourth-order valence-electron chi connectivity index (χ4n) is 1.56. The van der Waals surface area contributed by atoms with Crippen molar-refractivity contribution in [3.05, 3.63) is 24.2 Å². The van der Waals surface area contributed by atoms with Crippen LogP contribution < -0.4 is 10.6 Å². The molecule has 1 atom stereocenters. The van der Waals surface area contributed by atoms with E-state index in [0.717, 1.165) is 19.3 Å². The topological polar surface area (TPSA) is 74.5 Å². The van der Waals surface area contributed by atoms with Crippen molar-refractivity contribution < 1.29 is 14.3 Å². The van der Waals surface area contributed by atoms with Crippen LogP contribution in [0.3, 0.4) is 0 Å². The number of unbranched alkanes of at least 4 members (excludes halogenated alkanes) is 2. The first-order chi connectivity index (χ1) is 8.56. The Morgan fingerprint density at radius 1 is 1.44 bits per heavy atom. The number of carbonyl (C=O) groups is 1. The predicted molar refractivity (Wildman–Crippen MR) is 69.2 cm³/mol. The van der Waals surface area contributed by atoms with E-state index >= 15 is 0 Å². The molecule has 0 saturated heterocycles. The predicted octanol–water partition coefficient (Wildman–Crippen LogP) is 1.98. The molecule has 1 aromatic rings. The molecule has 2 amide bonds. The van der Waals surface area contributed by atoms with E-state index in [1.165, 1.54) is 6.26 Å². The summed E-state index contributed by atoms with van der Waals surface area (Å²) < 4.78 is 5.12. The molecule has 0 aliphatic rings. The van der Waals surface area contributed by atoms with E-state index in [1.54, 1.807) is 19.1 Å². The van der Waals surface area contributed by atoms with Gasteiger partial charge in [-0.15, -0.1) is 0 Å². The normalized spacial score (nSPS) is 13.9. The molecule has 0 bridgehead atoms. The molecule has 102 valence electrons. The van der Waals surface area contributed by atoms with Gasteiger partial charge in [0.2, 0.25) is 0 Å². The Bertz CT molecular complexity index is 347. The average molecular weight is 254 g/mol. The Labute approximate surface area is 108 Å². The highest BCUT2D eigenvalue weighted by molar-refractivity contribution is 5.73. The van der Waals surface area contributed by atoms with Crippen molar-refractivity contribution in [3.8, 4) is 0 Å². The minimum Gasteiger partial charge on any atom is -0.466 e. The van der Waals surface area contributed by atoms with E-state index in [4.69, 9.17) is 4.42 Å². The Kier molecular flexibility index (Phi) is 5.71. The van der Waals surface area contributed by atoms with E-state index in [-0.39, 0.29) is 12.6 Å². The fraction of sp³-hybridized carbons (Fsp3) is 0.615. The maximum atomic E-state index is 11.5. The number of rotatable bonds is 7. The van der Waals surface area contributed by atoms with Crippen molar-refractivity contribution in [1.29, 1.82) is 0 Å². The number of carbonyl (C=O) groups excluding carboxylic acids is 1. The molecule has 0 aromatic carbocycles. The van der Waals surface area contributed by atoms with Gasteiger partial charge >= 0.3 is 6.03 Å². The van der Waals surface area contributed by atoms with Crippen molar-refractivity contribution >= 4 is 6.03 Å². The van der Waals surface area contributed by atoms with Gasteiger partial charge in [0.15, 0.2) is 0 Å². The van der Waals surface area contributed by atoms with Crippen molar-refractivity contribution in [3.63, 3.8) is 0 Å². The van der Waals surface area contributed by atoms with Crippen molar-refractivity contribution in [1.82, 2.24) is 10.6 Å². The van der Waals surface area contributed by atoms with Crippen LogP contribution in [0.15, 0.2) is 22.8 Å². The van der Waals surface area contributed by atoms with Crippen LogP contribution in [0.1, 0.15) is 38.9 Å². The van der Waals surface area contributed by atoms with Crippen LogP contribution in [0.2, 0.25) is 0 Å². The van der Waals surface area contributed by atoms with Gasteiger partial charge in [0.05, 0.1) is 12.8 Å². The van der Waals surface area contributed by atoms with Crippen molar-refractivity contribution in [2.75, 3.05) is 13.1 Å². The maximum Gasteiger partial charge on any atom is 0.314 e. The van der Waals surface area contributed by atoms with Gasteiger partial charge in [-0.3, -0.25) is 0 Å². The molecule has 1 rings (SSSR count). The summed E-state index contributed by atoms with van der Waals surface area (Å²) in [5, 5.41) is 15.5. The molecule has 0 saturated carbocycles. The second kappa shape index (κ2) is 7.06. The number of hydrogen-bond donors (Lipinski definition) is 3. The molecular weight excluding hydrogens is 232 g/mol. The molecule has 18 heavy (non-hydrogen) atoms. The van der Waals surface area contributed by atoms with Crippen LogP contribution in [0.5, 0.6) is 0 Å². The number of amides is 2. The lowest BCUT2D eigenvalue weighted by Crippen LogP contribution is -2.43. The van der Waals surface area contributed by atoms with Gasteiger partial charge < -0.3 is 20.2 Å². The minimum atomic E-state index is -1.19. The zero-order valence-electron chi connectivity index (χ0n) is 11.0. The van der Waals surface area contributed by atoms with Crippen molar-refractivity contribution in [2.45, 2.75) is 38.7 Å². The molecule has 1 unspecified atom stereocenters. The van der Waals surface area contributed by atoms with Gasteiger partial charge in [-0.25, -0.2) is 4.79 Å². The van der Waals surface area contributed by atoms with Crippen LogP contribution in [0.4, 0.5) is 4.79 Å². The van der Waals surface area contributed by atoms with Gasteiger partial charge in [0, 0.05) is 6.54 Å². The molecule has 0 aliphatic heterocycles. The van der Waals surface area contributed by atoms with Crippen LogP contribution >= 0.6 is 0 Å². The lowest BCUT2D eigenvalue weighted by molar-refractivity contribution is 0.0367. The fourth-order valence-corrected chi connectivity index (χ4v) is 1.56. The first-order valence-electron chi connectivity index (χ1n) is 6.34. The van der Waals surface area contributed by atoms with E-state index in [0.29, 0.717) is 12.3 Å². The second-order valence-corrected chi connectivity index (χ2v) is 4.57. The summed E-state index contributed by atoms with van der Waals surface area (Å²) in [7, 11) is 0. The number of urea groups is 1. The monoisotopic (exact) mass is 254 g/mol. The Morgan fingerprint density at radius 3 is 2.83 bits per heavy atom. The molecule has 0 radical (unpaired) electrons. The van der Waals surface area contributed by atoms with E-state index in [9.17, 15) is 9.90 Å². The molecule has 3 N–H and O–H groups in total. The standard InChI is InChI=1S/C13H22N2O3/c1-3-4-5-8-14-12(16)15-10-13(2,17)11-7-6-9-18-11/h6-7,9,17H,3-5,8,10H2,1-2H3,(H2,14,15,16). The highest BCUT2D eigenvalue weighted by Crippen LogP contribution is 2.19. The molecule has 1 heterocycles. The first-order valence-corrected chi connectivity index (χ1v) is 6.34. The molecule has 1 aromatic heterocycles. The number of furan rings is 1. The third-order valence-electron chi connectivity index (χ3n) is 2.71. The minimum absolute atomic E-state index is 0.111. The Morgan fingerprint density at radius 2 is 2.22 bits per heavy atom. The lowest BCUT2D eigenvalue weighted by atomic mass is 10.0. The summed E-state index contributed by atoms with van der Waals surface area (Å²) in [6, 6.07) is 3.12. The number of aliphatic hydroxyl groups is 1. The van der Waals surface area contributed by atoms with E-state index in [2.05, 4.69) is 17.6 Å². The molecular formula is C13H22N2O3. The third-order valence-corrected chi connectivity index (χ3v) is 2.71. The molecule has 5 heteroatoms. The van der Waals surface area contributed by atoms with Crippen LogP contribution in [-0.2, 0) is 5.60 Å². The second-order valence-electron chi connectivity index (χ2n) is 4.57. The van der Waals surface area contributed by atoms with Crippen LogP contribution in [0.25, 0.3) is 0 Å². The molecule has 5 nitrogen and oxygen atoms in total. The molecule has 0 fully saturated rings. The maximum absolute atomic E-state index is 11.5. The third kappa shape index (κ3) is 4.79. The van der Waals surface area contributed by atoms with Gasteiger partial charge in [0.1, 0.15) is 11.4 Å². The van der Waals surface area contributed by atoms with Crippen molar-refractivity contribution in [2.24, 2.45) is 0 Å². The van der Waals surface area contributed by atoms with Gasteiger partial charge in [-0.1, -0.05) is 19.8 Å². The van der Waals surface area contributed by atoms with Gasteiger partial charge in [-0.05, 0) is 25.5 Å². The van der Waals surface area contributed by atoms with E-state index < -0.39 is 5.60 Å². The number of hydrogen-bond acceptors (Lipinski definition) is 3. The largest absolute Gasteiger partial charge is 0.466 e. The zero-order valence-corrected chi connectivity index (χ0v) is 11.0. The molecule has 0 aliphatic carbocycles. The van der Waals surface area contributed by atoms with Gasteiger partial charge in [0.25, 0.3) is 0 Å². The van der Waals surface area contributed by atoms with Crippen LogP contribution in [-0.4, -0.2) is 24.2 Å². The zero-order chi connectivity index (χ0) is 13.4. The highest BCUT2D eigenvalue weighted by Gasteiger charge is 2.26. The SMILES string of the molecule is CCCCCNC(=O)NCC(C)(O)c1ccco1. The molecule has 0 spiro atoms. The van der Waals surface area contributed by atoms with Crippen LogP contribution in [0, 0.1) is 0 Å². The smallest absolute Gasteiger partial charge is 0.314 e. The van der Waals surface area contributed by atoms with E-state index in [1.807, 2.05) is 0 Å². The lowest BCUT2D eigenvalue weighted by Gasteiger charge is -2.21. The quantitative estimate of drug-likeness (QED) is 0.651. The Hall–Kier alpha value is -1.49. The summed E-state index contributed by atoms with van der Waals surface area (Å²) in [6.45, 7) is 4.48. The summed E-state index contributed by atoms with van der Waals surface area (Å²) in [5.74, 6) is 0.439. The first kappa shape index (κ1) is 14.6. The van der Waals surface area contributed by atoms with Gasteiger partial charge in [-0.2, -0.15) is 0 Å². The Balaban J connectivity index is 2.25. The summed E-state index contributed by atoms with van der Waals surface area (Å²) in [5.41, 5.74) is -1.19. The highest BCUT2D eigenvalue weighted by atomic mass is 16.4. The summed E-state index contributed by atoms with van der Waals surface area (Å²) >= 11 is 0. The summed E-state index contributed by atoms with van der Waals surface area (Å²) in [6.07, 6.45) is 4.69. The average Bonchev–Trinajstić information content (AvgIpc) is 2.87.